The molecule has 1 fully saturated rings. The van der Waals surface area contributed by atoms with Crippen molar-refractivity contribution in [3.63, 3.8) is 0 Å². The molecule has 0 aliphatic heterocycles. The predicted molar refractivity (Wildman–Crippen MR) is 77.9 cm³/mol. The van der Waals surface area contributed by atoms with Crippen LogP contribution in [0.3, 0.4) is 0 Å². The molecular weight excluding hydrogens is 270 g/mol. The van der Waals surface area contributed by atoms with E-state index in [0.717, 1.165) is 24.8 Å². The lowest BCUT2D eigenvalue weighted by Crippen LogP contribution is -2.49. The smallest absolute Gasteiger partial charge is 0.315 e. The van der Waals surface area contributed by atoms with Gasteiger partial charge in [-0.1, -0.05) is 18.9 Å². The molecule has 1 aromatic rings. The average molecular weight is 291 g/mol. The second-order valence-corrected chi connectivity index (χ2v) is 5.35. The van der Waals surface area contributed by atoms with E-state index in [1.165, 1.54) is 0 Å². The van der Waals surface area contributed by atoms with E-state index in [1.54, 1.807) is 12.4 Å². The van der Waals surface area contributed by atoms with Crippen molar-refractivity contribution in [2.75, 3.05) is 6.54 Å². The zero-order valence-electron chi connectivity index (χ0n) is 11.9. The molecule has 0 aromatic carbocycles. The lowest BCUT2D eigenvalue weighted by Gasteiger charge is -2.29. The average Bonchev–Trinajstić information content (AvgIpc) is 2.48. The SMILES string of the molecule is O=C(NCCc1cccnc1)NC1CCCCC1C(=O)O. The number of hydrogen-bond acceptors (Lipinski definition) is 3. The van der Waals surface area contributed by atoms with Crippen molar-refractivity contribution in [3.8, 4) is 0 Å². The Balaban J connectivity index is 1.74. The molecule has 2 atom stereocenters. The van der Waals surface area contributed by atoms with E-state index < -0.39 is 11.9 Å². The van der Waals surface area contributed by atoms with Crippen molar-refractivity contribution in [1.29, 1.82) is 0 Å². The third kappa shape index (κ3) is 4.73. The van der Waals surface area contributed by atoms with Gasteiger partial charge >= 0.3 is 12.0 Å². The van der Waals surface area contributed by atoms with Gasteiger partial charge in [0.25, 0.3) is 0 Å². The van der Waals surface area contributed by atoms with E-state index in [4.69, 9.17) is 5.11 Å². The molecule has 0 saturated heterocycles. The molecule has 0 bridgehead atoms. The standard InChI is InChI=1S/C15H21N3O3/c19-14(20)12-5-1-2-6-13(12)18-15(21)17-9-7-11-4-3-8-16-10-11/h3-4,8,10,12-13H,1-2,5-7,9H2,(H,19,20)(H2,17,18,21). The third-order valence-electron chi connectivity index (χ3n) is 3.82. The Hall–Kier alpha value is -2.11. The largest absolute Gasteiger partial charge is 0.481 e. The van der Waals surface area contributed by atoms with Crippen molar-refractivity contribution in [2.24, 2.45) is 5.92 Å². The van der Waals surface area contributed by atoms with Crippen LogP contribution in [0.1, 0.15) is 31.2 Å². The number of nitrogens with zero attached hydrogens (tertiary/aromatic N) is 1. The zero-order chi connectivity index (χ0) is 15.1. The van der Waals surface area contributed by atoms with E-state index in [-0.39, 0.29) is 12.1 Å². The highest BCUT2D eigenvalue weighted by Crippen LogP contribution is 2.24. The summed E-state index contributed by atoms with van der Waals surface area (Å²) >= 11 is 0. The van der Waals surface area contributed by atoms with Crippen LogP contribution < -0.4 is 10.6 Å². The van der Waals surface area contributed by atoms with Gasteiger partial charge in [0.2, 0.25) is 0 Å². The topological polar surface area (TPSA) is 91.3 Å². The first kappa shape index (κ1) is 15.3. The maximum Gasteiger partial charge on any atom is 0.315 e. The van der Waals surface area contributed by atoms with Gasteiger partial charge in [-0.25, -0.2) is 4.79 Å². The maximum absolute atomic E-state index is 11.8. The highest BCUT2D eigenvalue weighted by molar-refractivity contribution is 5.76. The zero-order valence-corrected chi connectivity index (χ0v) is 11.9. The fourth-order valence-electron chi connectivity index (χ4n) is 2.69. The molecule has 1 aromatic heterocycles. The Kier molecular flexibility index (Phi) is 5.54. The van der Waals surface area contributed by atoms with Crippen molar-refractivity contribution < 1.29 is 14.7 Å². The van der Waals surface area contributed by atoms with Crippen LogP contribution in [0.2, 0.25) is 0 Å². The summed E-state index contributed by atoms with van der Waals surface area (Å²) in [6.07, 6.45) is 7.42. The summed E-state index contributed by atoms with van der Waals surface area (Å²) in [5.74, 6) is -1.29. The molecular formula is C15H21N3O3. The summed E-state index contributed by atoms with van der Waals surface area (Å²) in [6, 6.07) is 3.25. The van der Waals surface area contributed by atoms with Crippen LogP contribution in [-0.4, -0.2) is 34.7 Å². The van der Waals surface area contributed by atoms with Crippen molar-refractivity contribution in [1.82, 2.24) is 15.6 Å². The maximum atomic E-state index is 11.8. The molecule has 2 unspecified atom stereocenters. The number of carbonyl (C=O) groups excluding carboxylic acids is 1. The van der Waals surface area contributed by atoms with Crippen LogP contribution in [0.5, 0.6) is 0 Å². The van der Waals surface area contributed by atoms with Crippen LogP contribution >= 0.6 is 0 Å². The Morgan fingerprint density at radius 2 is 2.14 bits per heavy atom. The summed E-state index contributed by atoms with van der Waals surface area (Å²) in [7, 11) is 0. The molecule has 2 amide bonds. The number of aliphatic carboxylic acids is 1. The van der Waals surface area contributed by atoms with E-state index in [1.807, 2.05) is 12.1 Å². The van der Waals surface area contributed by atoms with E-state index in [9.17, 15) is 9.59 Å². The molecule has 1 aliphatic rings. The summed E-state index contributed by atoms with van der Waals surface area (Å²) < 4.78 is 0. The number of hydrogen-bond donors (Lipinski definition) is 3. The number of pyridine rings is 1. The molecule has 21 heavy (non-hydrogen) atoms. The minimum absolute atomic E-state index is 0.269. The summed E-state index contributed by atoms with van der Waals surface area (Å²) in [4.78, 5) is 27.0. The number of nitrogens with one attached hydrogen (secondary N) is 2. The van der Waals surface area contributed by atoms with Gasteiger partial charge in [0.15, 0.2) is 0 Å². The Morgan fingerprint density at radius 3 is 2.86 bits per heavy atom. The number of carboxylic acid groups (broad SMARTS) is 1. The molecule has 1 saturated carbocycles. The first-order valence-electron chi connectivity index (χ1n) is 7.33. The number of aromatic nitrogens is 1. The first-order chi connectivity index (χ1) is 10.2. The normalized spacial score (nSPS) is 21.5. The first-order valence-corrected chi connectivity index (χ1v) is 7.33. The second kappa shape index (κ2) is 7.61. The molecule has 6 nitrogen and oxygen atoms in total. The third-order valence-corrected chi connectivity index (χ3v) is 3.82. The number of rotatable bonds is 5. The van der Waals surface area contributed by atoms with Gasteiger partial charge in [0.05, 0.1) is 5.92 Å². The molecule has 114 valence electrons. The van der Waals surface area contributed by atoms with Crippen molar-refractivity contribution >= 4 is 12.0 Å². The second-order valence-electron chi connectivity index (χ2n) is 5.35. The lowest BCUT2D eigenvalue weighted by molar-refractivity contribution is -0.143. The Morgan fingerprint density at radius 1 is 1.33 bits per heavy atom. The fraction of sp³-hybridized carbons (Fsp3) is 0.533. The summed E-state index contributed by atoms with van der Waals surface area (Å²) in [6.45, 7) is 0.502. The Bertz CT molecular complexity index is 478. The van der Waals surface area contributed by atoms with Crippen molar-refractivity contribution in [3.05, 3.63) is 30.1 Å². The highest BCUT2D eigenvalue weighted by atomic mass is 16.4. The van der Waals surface area contributed by atoms with Gasteiger partial charge in [-0.2, -0.15) is 0 Å². The van der Waals surface area contributed by atoms with Crippen molar-refractivity contribution in [2.45, 2.75) is 38.1 Å². The molecule has 0 spiro atoms. The molecule has 3 N–H and O–H groups in total. The van der Waals surface area contributed by atoms with Crippen LogP contribution in [0.15, 0.2) is 24.5 Å². The molecule has 2 rings (SSSR count). The number of carbonyl (C=O) groups is 2. The number of urea groups is 1. The fourth-order valence-corrected chi connectivity index (χ4v) is 2.69. The van der Waals surface area contributed by atoms with Crippen LogP contribution in [0.4, 0.5) is 4.79 Å². The van der Waals surface area contributed by atoms with E-state index in [2.05, 4.69) is 15.6 Å². The van der Waals surface area contributed by atoms with Gasteiger partial charge in [0, 0.05) is 25.0 Å². The molecule has 0 radical (unpaired) electrons. The number of amides is 2. The van der Waals surface area contributed by atoms with E-state index in [0.29, 0.717) is 19.4 Å². The van der Waals surface area contributed by atoms with Gasteiger partial charge in [0.1, 0.15) is 0 Å². The molecule has 6 heteroatoms. The number of carboxylic acids is 1. The minimum Gasteiger partial charge on any atom is -0.481 e. The quantitative estimate of drug-likeness (QED) is 0.768. The lowest BCUT2D eigenvalue weighted by atomic mass is 9.84. The van der Waals surface area contributed by atoms with Crippen LogP contribution in [-0.2, 0) is 11.2 Å². The molecule has 1 aliphatic carbocycles. The monoisotopic (exact) mass is 291 g/mol. The van der Waals surface area contributed by atoms with Gasteiger partial charge in [-0.15, -0.1) is 0 Å². The van der Waals surface area contributed by atoms with Gasteiger partial charge < -0.3 is 15.7 Å². The van der Waals surface area contributed by atoms with Crippen LogP contribution in [0.25, 0.3) is 0 Å². The minimum atomic E-state index is -0.824. The summed E-state index contributed by atoms with van der Waals surface area (Å²) in [5, 5.41) is 14.7. The highest BCUT2D eigenvalue weighted by Gasteiger charge is 2.31. The van der Waals surface area contributed by atoms with E-state index >= 15 is 0 Å². The molecule has 1 heterocycles. The predicted octanol–water partition coefficient (Wildman–Crippen LogP) is 1.57. The van der Waals surface area contributed by atoms with Gasteiger partial charge in [-0.05, 0) is 30.9 Å². The Labute approximate surface area is 124 Å². The summed E-state index contributed by atoms with van der Waals surface area (Å²) in [5.41, 5.74) is 1.05. The van der Waals surface area contributed by atoms with Crippen LogP contribution in [0, 0.1) is 5.92 Å². The van der Waals surface area contributed by atoms with Gasteiger partial charge in [-0.3, -0.25) is 9.78 Å².